The molecule has 9 nitrogen and oxygen atoms in total. The molecular formula is C32H33F4N7O2. The van der Waals surface area contributed by atoms with Gasteiger partial charge in [0, 0.05) is 63.0 Å². The van der Waals surface area contributed by atoms with Gasteiger partial charge in [0.1, 0.15) is 5.69 Å². The summed E-state index contributed by atoms with van der Waals surface area (Å²) >= 11 is 0. The third-order valence-corrected chi connectivity index (χ3v) is 8.30. The van der Waals surface area contributed by atoms with Crippen LogP contribution in [0, 0.1) is 12.7 Å². The number of rotatable bonds is 7. The van der Waals surface area contributed by atoms with Gasteiger partial charge in [-0.15, -0.1) is 5.10 Å². The zero-order chi connectivity index (χ0) is 31.7. The van der Waals surface area contributed by atoms with Gasteiger partial charge in [-0.2, -0.15) is 13.2 Å². The number of pyridine rings is 1. The van der Waals surface area contributed by atoms with E-state index >= 15 is 4.39 Å². The quantitative estimate of drug-likeness (QED) is 0.215. The Labute approximate surface area is 258 Å². The molecule has 0 radical (unpaired) electrons. The third kappa shape index (κ3) is 6.69. The van der Waals surface area contributed by atoms with Gasteiger partial charge in [-0.1, -0.05) is 17.3 Å². The number of hydrogen-bond donors (Lipinski definition) is 0. The number of benzene rings is 2. The van der Waals surface area contributed by atoms with Gasteiger partial charge in [-0.05, 0) is 49.4 Å². The van der Waals surface area contributed by atoms with E-state index in [-0.39, 0.29) is 17.7 Å². The van der Waals surface area contributed by atoms with Crippen LogP contribution in [0.4, 0.5) is 28.9 Å². The predicted octanol–water partition coefficient (Wildman–Crippen LogP) is 4.81. The summed E-state index contributed by atoms with van der Waals surface area (Å²) < 4.78 is 63.7. The van der Waals surface area contributed by atoms with E-state index < -0.39 is 23.3 Å². The molecule has 4 aromatic rings. The molecule has 0 spiro atoms. The molecular weight excluding hydrogens is 590 g/mol. The smallest absolute Gasteiger partial charge is 0.378 e. The van der Waals surface area contributed by atoms with Gasteiger partial charge in [0.05, 0.1) is 48.2 Å². The van der Waals surface area contributed by atoms with E-state index in [1.54, 1.807) is 40.3 Å². The predicted molar refractivity (Wildman–Crippen MR) is 162 cm³/mol. The molecule has 2 aromatic carbocycles. The maximum Gasteiger partial charge on any atom is 0.419 e. The first kappa shape index (κ1) is 30.7. The van der Waals surface area contributed by atoms with Crippen LogP contribution in [0.2, 0.25) is 0 Å². The Bertz CT molecular complexity index is 1690. The summed E-state index contributed by atoms with van der Waals surface area (Å²) in [6, 6.07) is 9.21. The summed E-state index contributed by atoms with van der Waals surface area (Å²) in [6.07, 6.45) is 0.170. The Hall–Kier alpha value is -4.36. The molecule has 236 valence electrons. The zero-order valence-electron chi connectivity index (χ0n) is 25.0. The molecule has 2 aliphatic rings. The van der Waals surface area contributed by atoms with E-state index in [2.05, 4.69) is 20.2 Å². The minimum absolute atomic E-state index is 0.175. The molecule has 6 rings (SSSR count). The summed E-state index contributed by atoms with van der Waals surface area (Å²) in [5.41, 5.74) is 2.66. The van der Waals surface area contributed by atoms with Crippen molar-refractivity contribution in [2.75, 3.05) is 69.3 Å². The number of anilines is 2. The molecule has 2 saturated heterocycles. The fourth-order valence-corrected chi connectivity index (χ4v) is 5.63. The number of hydrogen-bond acceptors (Lipinski definition) is 8. The molecule has 0 N–H and O–H groups in total. The second kappa shape index (κ2) is 12.6. The maximum absolute atomic E-state index is 15.1. The van der Waals surface area contributed by atoms with Gasteiger partial charge in [0.2, 0.25) is 0 Å². The molecule has 0 atom stereocenters. The summed E-state index contributed by atoms with van der Waals surface area (Å²) in [7, 11) is 1.89. The number of Topliss-reactive ketones (excluding diaryl/α,β-unsaturated/α-hetero) is 1. The number of morpholine rings is 1. The van der Waals surface area contributed by atoms with Crippen LogP contribution >= 0.6 is 0 Å². The van der Waals surface area contributed by atoms with Crippen LogP contribution < -0.4 is 9.80 Å². The Morgan fingerprint density at radius 1 is 0.933 bits per heavy atom. The maximum atomic E-state index is 15.1. The molecule has 2 aromatic heterocycles. The fraction of sp³-hybridized carbons (Fsp3) is 0.375. The van der Waals surface area contributed by atoms with Crippen molar-refractivity contribution in [1.29, 1.82) is 0 Å². The second-order valence-corrected chi connectivity index (χ2v) is 11.4. The number of carbonyl (C=O) groups excluding carboxylic acids is 1. The van der Waals surface area contributed by atoms with Crippen LogP contribution in [-0.4, -0.2) is 90.2 Å². The number of carbonyl (C=O) groups is 1. The molecule has 2 fully saturated rings. The standard InChI is InChI=1S/C32H33F4N7O2/c1-21-3-4-22(13-28(21)43-20-27(38-39-43)24-15-25(19-37-18-24)41-9-11-45-12-10-41)14-30(44)23-16-26(32(34,35)36)31(33)29(17-23)42-7-5-40(2)6-8-42/h3-4,13,15-20H,5-12,14H2,1-2H3. The molecule has 0 saturated carbocycles. The van der Waals surface area contributed by atoms with E-state index in [0.29, 0.717) is 62.4 Å². The molecule has 0 amide bonds. The van der Waals surface area contributed by atoms with Crippen molar-refractivity contribution >= 4 is 17.2 Å². The van der Waals surface area contributed by atoms with Gasteiger partial charge in [0.15, 0.2) is 11.6 Å². The van der Waals surface area contributed by atoms with Gasteiger partial charge < -0.3 is 19.4 Å². The van der Waals surface area contributed by atoms with Crippen molar-refractivity contribution in [3.8, 4) is 16.9 Å². The first-order valence-electron chi connectivity index (χ1n) is 14.7. The monoisotopic (exact) mass is 623 g/mol. The third-order valence-electron chi connectivity index (χ3n) is 8.30. The highest BCUT2D eigenvalue weighted by Gasteiger charge is 2.37. The van der Waals surface area contributed by atoms with E-state index in [1.165, 1.54) is 6.07 Å². The normalized spacial score (nSPS) is 16.3. The number of aromatic nitrogens is 4. The highest BCUT2D eigenvalue weighted by molar-refractivity contribution is 5.98. The lowest BCUT2D eigenvalue weighted by atomic mass is 9.98. The van der Waals surface area contributed by atoms with Crippen LogP contribution in [0.25, 0.3) is 16.9 Å². The van der Waals surface area contributed by atoms with E-state index in [4.69, 9.17) is 4.74 Å². The Morgan fingerprint density at radius 2 is 1.69 bits per heavy atom. The Kier molecular flexibility index (Phi) is 8.56. The topological polar surface area (TPSA) is 79.6 Å². The van der Waals surface area contributed by atoms with Crippen molar-refractivity contribution in [2.24, 2.45) is 0 Å². The molecule has 45 heavy (non-hydrogen) atoms. The van der Waals surface area contributed by atoms with Crippen LogP contribution in [0.5, 0.6) is 0 Å². The van der Waals surface area contributed by atoms with Crippen LogP contribution in [0.15, 0.2) is 55.0 Å². The van der Waals surface area contributed by atoms with Gasteiger partial charge in [-0.25, -0.2) is 9.07 Å². The van der Waals surface area contributed by atoms with Crippen LogP contribution in [0.1, 0.15) is 27.0 Å². The summed E-state index contributed by atoms with van der Waals surface area (Å²) in [5.74, 6) is -1.90. The summed E-state index contributed by atoms with van der Waals surface area (Å²) in [4.78, 5) is 23.6. The molecule has 0 aliphatic carbocycles. The SMILES string of the molecule is Cc1ccc(CC(=O)c2cc(N3CCN(C)CC3)c(F)c(C(F)(F)F)c2)cc1-n1cc(-c2cncc(N3CCOCC3)c2)nn1. The molecule has 13 heteroatoms. The van der Waals surface area contributed by atoms with Crippen LogP contribution in [-0.2, 0) is 17.3 Å². The molecule has 2 aliphatic heterocycles. The number of ether oxygens (including phenoxy) is 1. The minimum Gasteiger partial charge on any atom is -0.378 e. The minimum atomic E-state index is -4.94. The van der Waals surface area contributed by atoms with Crippen molar-refractivity contribution in [3.63, 3.8) is 0 Å². The van der Waals surface area contributed by atoms with Gasteiger partial charge in [-0.3, -0.25) is 9.78 Å². The fourth-order valence-electron chi connectivity index (χ4n) is 5.63. The number of piperazine rings is 1. The average Bonchev–Trinajstić information content (AvgIpc) is 3.53. The number of halogens is 4. The van der Waals surface area contributed by atoms with Gasteiger partial charge >= 0.3 is 6.18 Å². The second-order valence-electron chi connectivity index (χ2n) is 11.4. The average molecular weight is 624 g/mol. The number of likely N-dealkylation sites (N-methyl/N-ethyl adjacent to an activating group) is 1. The number of alkyl halides is 3. The highest BCUT2D eigenvalue weighted by atomic mass is 19.4. The lowest BCUT2D eigenvalue weighted by Gasteiger charge is -2.34. The van der Waals surface area contributed by atoms with E-state index in [0.717, 1.165) is 29.9 Å². The number of nitrogens with zero attached hydrogens (tertiary/aromatic N) is 7. The highest BCUT2D eigenvalue weighted by Crippen LogP contribution is 2.37. The van der Waals surface area contributed by atoms with Crippen molar-refractivity contribution in [3.05, 3.63) is 83.1 Å². The Balaban J connectivity index is 1.25. The lowest BCUT2D eigenvalue weighted by molar-refractivity contribution is -0.139. The van der Waals surface area contributed by atoms with E-state index in [1.807, 2.05) is 31.0 Å². The largest absolute Gasteiger partial charge is 0.419 e. The van der Waals surface area contributed by atoms with Crippen molar-refractivity contribution in [1.82, 2.24) is 24.9 Å². The van der Waals surface area contributed by atoms with Crippen LogP contribution in [0.3, 0.4) is 0 Å². The summed E-state index contributed by atoms with van der Waals surface area (Å²) in [6.45, 7) is 6.61. The van der Waals surface area contributed by atoms with Gasteiger partial charge in [0.25, 0.3) is 0 Å². The number of ketones is 1. The van der Waals surface area contributed by atoms with Crippen molar-refractivity contribution < 1.29 is 27.1 Å². The first-order chi connectivity index (χ1) is 21.6. The van der Waals surface area contributed by atoms with E-state index in [9.17, 15) is 18.0 Å². The van der Waals surface area contributed by atoms with Crippen molar-refractivity contribution in [2.45, 2.75) is 19.5 Å². The Morgan fingerprint density at radius 3 is 2.42 bits per heavy atom. The zero-order valence-corrected chi connectivity index (χ0v) is 25.0. The lowest BCUT2D eigenvalue weighted by Crippen LogP contribution is -2.45. The number of aryl methyl sites for hydroxylation is 1. The summed E-state index contributed by atoms with van der Waals surface area (Å²) in [5, 5.41) is 8.65. The molecule has 4 heterocycles. The molecule has 0 bridgehead atoms. The first-order valence-corrected chi connectivity index (χ1v) is 14.7. The molecule has 0 unspecified atom stereocenters.